The first kappa shape index (κ1) is 14.2. The second-order valence-corrected chi connectivity index (χ2v) is 5.73. The summed E-state index contributed by atoms with van der Waals surface area (Å²) in [6, 6.07) is 7.05. The first-order valence-corrected chi connectivity index (χ1v) is 7.43. The molecule has 16 heavy (non-hydrogen) atoms. The molecule has 0 radical (unpaired) electrons. The number of hydrogen-bond donors (Lipinski definition) is 1. The monoisotopic (exact) mass is 347 g/mol. The lowest BCUT2D eigenvalue weighted by Crippen LogP contribution is -2.27. The van der Waals surface area contributed by atoms with Crippen LogP contribution in [0.2, 0.25) is 0 Å². The van der Waals surface area contributed by atoms with Crippen molar-refractivity contribution in [1.82, 2.24) is 5.32 Å². The van der Waals surface area contributed by atoms with Gasteiger partial charge in [-0.05, 0) is 62.4 Å². The van der Waals surface area contributed by atoms with Gasteiger partial charge in [-0.2, -0.15) is 0 Å². The molecule has 0 aliphatic carbocycles. The van der Waals surface area contributed by atoms with Gasteiger partial charge >= 0.3 is 0 Å². The summed E-state index contributed by atoms with van der Waals surface area (Å²) in [6.45, 7) is 5.43. The van der Waals surface area contributed by atoms with Crippen LogP contribution in [-0.2, 0) is 6.54 Å². The van der Waals surface area contributed by atoms with Crippen LogP contribution in [0.1, 0.15) is 38.7 Å². The summed E-state index contributed by atoms with van der Waals surface area (Å²) in [7, 11) is 0. The number of halogens is 2. The lowest BCUT2D eigenvalue weighted by atomic mass is 10.1. The first-order valence-electron chi connectivity index (χ1n) is 5.84. The fourth-order valence-electron chi connectivity index (χ4n) is 1.71. The average Bonchev–Trinajstić information content (AvgIpc) is 2.28. The Kier molecular flexibility index (Phi) is 6.62. The minimum Gasteiger partial charge on any atom is -0.310 e. The largest absolute Gasteiger partial charge is 0.310 e. The molecular formula is C13H19Br2N. The quantitative estimate of drug-likeness (QED) is 0.772. The normalized spacial score (nSPS) is 12.8. The summed E-state index contributed by atoms with van der Waals surface area (Å²) in [5.41, 5.74) is 1.32. The van der Waals surface area contributed by atoms with Crippen LogP contribution in [0.25, 0.3) is 0 Å². The van der Waals surface area contributed by atoms with Gasteiger partial charge in [0.15, 0.2) is 0 Å². The summed E-state index contributed by atoms with van der Waals surface area (Å²) in [4.78, 5) is 0. The van der Waals surface area contributed by atoms with E-state index in [-0.39, 0.29) is 0 Å². The second-order valence-electron chi connectivity index (χ2n) is 4.02. The predicted octanol–water partition coefficient (Wildman–Crippen LogP) is 4.88. The first-order chi connectivity index (χ1) is 7.67. The molecule has 1 nitrogen and oxygen atoms in total. The zero-order valence-electron chi connectivity index (χ0n) is 9.89. The third kappa shape index (κ3) is 4.56. The molecule has 1 unspecified atom stereocenters. The van der Waals surface area contributed by atoms with E-state index >= 15 is 0 Å². The van der Waals surface area contributed by atoms with E-state index in [4.69, 9.17) is 0 Å². The Morgan fingerprint density at radius 2 is 1.94 bits per heavy atom. The van der Waals surface area contributed by atoms with Gasteiger partial charge in [-0.15, -0.1) is 0 Å². The molecule has 1 atom stereocenters. The van der Waals surface area contributed by atoms with E-state index in [0.717, 1.165) is 15.5 Å². The molecule has 1 N–H and O–H groups in total. The van der Waals surface area contributed by atoms with Crippen molar-refractivity contribution in [2.75, 3.05) is 0 Å². The Labute approximate surface area is 115 Å². The molecule has 0 spiro atoms. The zero-order chi connectivity index (χ0) is 12.0. The Bertz CT molecular complexity index is 326. The topological polar surface area (TPSA) is 12.0 Å². The minimum atomic E-state index is 0.646. The van der Waals surface area contributed by atoms with Gasteiger partial charge < -0.3 is 5.32 Å². The van der Waals surface area contributed by atoms with Crippen molar-refractivity contribution in [2.45, 2.75) is 45.7 Å². The summed E-state index contributed by atoms with van der Waals surface area (Å²) >= 11 is 7.01. The molecule has 0 heterocycles. The number of nitrogens with one attached hydrogen (secondary N) is 1. The SMILES string of the molecule is CCCC(CC)NCc1ccc(Br)c(Br)c1. The van der Waals surface area contributed by atoms with Crippen LogP contribution >= 0.6 is 31.9 Å². The van der Waals surface area contributed by atoms with E-state index in [0.29, 0.717) is 6.04 Å². The molecule has 3 heteroatoms. The van der Waals surface area contributed by atoms with E-state index in [2.05, 4.69) is 69.2 Å². The van der Waals surface area contributed by atoms with Gasteiger partial charge in [0.1, 0.15) is 0 Å². The van der Waals surface area contributed by atoms with E-state index in [9.17, 15) is 0 Å². The van der Waals surface area contributed by atoms with Crippen LogP contribution in [-0.4, -0.2) is 6.04 Å². The molecule has 0 fully saturated rings. The highest BCUT2D eigenvalue weighted by Crippen LogP contribution is 2.23. The third-order valence-corrected chi connectivity index (χ3v) is 4.59. The summed E-state index contributed by atoms with van der Waals surface area (Å²) in [5.74, 6) is 0. The molecule has 0 aliphatic heterocycles. The van der Waals surface area contributed by atoms with Crippen molar-refractivity contribution in [3.63, 3.8) is 0 Å². The van der Waals surface area contributed by atoms with Crippen LogP contribution in [0.5, 0.6) is 0 Å². The molecule has 1 rings (SSSR count). The Morgan fingerprint density at radius 1 is 1.19 bits per heavy atom. The van der Waals surface area contributed by atoms with Crippen molar-refractivity contribution in [3.8, 4) is 0 Å². The van der Waals surface area contributed by atoms with E-state index in [1.54, 1.807) is 0 Å². The van der Waals surface area contributed by atoms with Gasteiger partial charge in [-0.1, -0.05) is 26.3 Å². The highest BCUT2D eigenvalue weighted by atomic mass is 79.9. The van der Waals surface area contributed by atoms with Crippen LogP contribution < -0.4 is 5.32 Å². The molecule has 0 aromatic heterocycles. The highest BCUT2D eigenvalue weighted by molar-refractivity contribution is 9.13. The maximum atomic E-state index is 3.60. The zero-order valence-corrected chi connectivity index (χ0v) is 13.1. The minimum absolute atomic E-state index is 0.646. The molecule has 0 bridgehead atoms. The van der Waals surface area contributed by atoms with Gasteiger partial charge in [-0.3, -0.25) is 0 Å². The molecule has 0 saturated carbocycles. The van der Waals surface area contributed by atoms with Crippen LogP contribution in [0.4, 0.5) is 0 Å². The van der Waals surface area contributed by atoms with Crippen molar-refractivity contribution < 1.29 is 0 Å². The highest BCUT2D eigenvalue weighted by Gasteiger charge is 2.04. The third-order valence-electron chi connectivity index (χ3n) is 2.71. The Balaban J connectivity index is 2.50. The van der Waals surface area contributed by atoms with Crippen molar-refractivity contribution >= 4 is 31.9 Å². The average molecular weight is 349 g/mol. The number of rotatable bonds is 6. The molecule has 0 aliphatic rings. The van der Waals surface area contributed by atoms with E-state index < -0.39 is 0 Å². The summed E-state index contributed by atoms with van der Waals surface area (Å²) in [6.07, 6.45) is 3.70. The maximum absolute atomic E-state index is 3.60. The lowest BCUT2D eigenvalue weighted by molar-refractivity contribution is 0.462. The molecular weight excluding hydrogens is 330 g/mol. The predicted molar refractivity (Wildman–Crippen MR) is 77.7 cm³/mol. The summed E-state index contributed by atoms with van der Waals surface area (Å²) < 4.78 is 2.23. The number of hydrogen-bond acceptors (Lipinski definition) is 1. The van der Waals surface area contributed by atoms with Gasteiger partial charge in [0.05, 0.1) is 0 Å². The van der Waals surface area contributed by atoms with Crippen LogP contribution in [0, 0.1) is 0 Å². The maximum Gasteiger partial charge on any atom is 0.0320 e. The smallest absolute Gasteiger partial charge is 0.0320 e. The Morgan fingerprint density at radius 3 is 2.50 bits per heavy atom. The molecule has 1 aromatic rings. The molecule has 0 amide bonds. The fraction of sp³-hybridized carbons (Fsp3) is 0.538. The number of benzene rings is 1. The van der Waals surface area contributed by atoms with Crippen LogP contribution in [0.3, 0.4) is 0 Å². The van der Waals surface area contributed by atoms with E-state index in [1.807, 2.05) is 0 Å². The standard InChI is InChI=1S/C13H19Br2N/c1-3-5-11(4-2)16-9-10-6-7-12(14)13(15)8-10/h6-8,11,16H,3-5,9H2,1-2H3. The Hall–Kier alpha value is 0.140. The van der Waals surface area contributed by atoms with Crippen molar-refractivity contribution in [2.24, 2.45) is 0 Å². The molecule has 0 saturated heterocycles. The second kappa shape index (κ2) is 7.46. The van der Waals surface area contributed by atoms with E-state index in [1.165, 1.54) is 24.8 Å². The van der Waals surface area contributed by atoms with Crippen molar-refractivity contribution in [1.29, 1.82) is 0 Å². The fourth-order valence-corrected chi connectivity index (χ4v) is 2.38. The molecule has 90 valence electrons. The summed E-state index contributed by atoms with van der Waals surface area (Å²) in [5, 5.41) is 3.60. The van der Waals surface area contributed by atoms with Crippen molar-refractivity contribution in [3.05, 3.63) is 32.7 Å². The van der Waals surface area contributed by atoms with Gasteiger partial charge in [0.2, 0.25) is 0 Å². The molecule has 1 aromatic carbocycles. The van der Waals surface area contributed by atoms with Crippen LogP contribution in [0.15, 0.2) is 27.1 Å². The van der Waals surface area contributed by atoms with Gasteiger partial charge in [-0.25, -0.2) is 0 Å². The lowest BCUT2D eigenvalue weighted by Gasteiger charge is -2.16. The van der Waals surface area contributed by atoms with Gasteiger partial charge in [0, 0.05) is 21.5 Å². The van der Waals surface area contributed by atoms with Gasteiger partial charge in [0.25, 0.3) is 0 Å².